The van der Waals surface area contributed by atoms with Gasteiger partial charge in [0.1, 0.15) is 11.6 Å². The quantitative estimate of drug-likeness (QED) is 0.589. The molecule has 7 heteroatoms. The molecule has 168 valence electrons. The molecule has 31 heavy (non-hydrogen) atoms. The third kappa shape index (κ3) is 5.74. The van der Waals surface area contributed by atoms with Gasteiger partial charge >= 0.3 is 0 Å². The summed E-state index contributed by atoms with van der Waals surface area (Å²) in [7, 11) is 0. The lowest BCUT2D eigenvalue weighted by atomic mass is 9.82. The zero-order valence-corrected chi connectivity index (χ0v) is 19.9. The maximum atomic E-state index is 12.3. The SMILES string of the molecule is CC(=O)C(C)(C)c1cnc(N(CC(C)C)C2CCOCC2)c(Nc2ccc(Cl)cn2)c1. The van der Waals surface area contributed by atoms with Crippen molar-refractivity contribution in [3.63, 3.8) is 0 Å². The normalized spacial score (nSPS) is 15.2. The first-order valence-electron chi connectivity index (χ1n) is 10.9. The summed E-state index contributed by atoms with van der Waals surface area (Å²) in [5, 5.41) is 4.01. The summed E-state index contributed by atoms with van der Waals surface area (Å²) >= 11 is 6.01. The largest absolute Gasteiger partial charge is 0.381 e. The van der Waals surface area contributed by atoms with Crippen LogP contribution in [0.15, 0.2) is 30.6 Å². The van der Waals surface area contributed by atoms with Gasteiger partial charge in [-0.2, -0.15) is 0 Å². The molecule has 0 spiro atoms. The molecular weight excluding hydrogens is 412 g/mol. The Balaban J connectivity index is 2.07. The van der Waals surface area contributed by atoms with E-state index in [1.807, 2.05) is 32.2 Å². The number of nitrogens with zero attached hydrogens (tertiary/aromatic N) is 3. The smallest absolute Gasteiger partial charge is 0.152 e. The summed E-state index contributed by atoms with van der Waals surface area (Å²) in [6, 6.07) is 6.04. The van der Waals surface area contributed by atoms with Crippen LogP contribution in [-0.2, 0) is 14.9 Å². The van der Waals surface area contributed by atoms with E-state index < -0.39 is 5.41 Å². The van der Waals surface area contributed by atoms with E-state index in [2.05, 4.69) is 29.0 Å². The van der Waals surface area contributed by atoms with Gasteiger partial charge < -0.3 is 15.0 Å². The van der Waals surface area contributed by atoms with E-state index in [9.17, 15) is 4.79 Å². The van der Waals surface area contributed by atoms with E-state index >= 15 is 0 Å². The molecule has 0 radical (unpaired) electrons. The lowest BCUT2D eigenvalue weighted by Gasteiger charge is -2.37. The Labute approximate surface area is 190 Å². The first kappa shape index (κ1) is 23.5. The van der Waals surface area contributed by atoms with Crippen molar-refractivity contribution in [2.75, 3.05) is 30.0 Å². The number of halogens is 1. The van der Waals surface area contributed by atoms with Crippen molar-refractivity contribution in [2.45, 2.75) is 58.9 Å². The highest BCUT2D eigenvalue weighted by atomic mass is 35.5. The molecule has 1 aliphatic rings. The molecule has 1 N–H and O–H groups in total. The van der Waals surface area contributed by atoms with Crippen molar-refractivity contribution >= 4 is 34.7 Å². The zero-order valence-electron chi connectivity index (χ0n) is 19.1. The number of rotatable bonds is 8. The van der Waals surface area contributed by atoms with Crippen molar-refractivity contribution < 1.29 is 9.53 Å². The Bertz CT molecular complexity index is 893. The van der Waals surface area contributed by atoms with Crippen LogP contribution in [0, 0.1) is 5.92 Å². The van der Waals surface area contributed by atoms with Crippen LogP contribution in [0.2, 0.25) is 5.02 Å². The highest BCUT2D eigenvalue weighted by Crippen LogP contribution is 2.35. The second kappa shape index (κ2) is 9.96. The van der Waals surface area contributed by atoms with Gasteiger partial charge in [0.05, 0.1) is 10.7 Å². The van der Waals surface area contributed by atoms with Crippen molar-refractivity contribution in [3.05, 3.63) is 41.2 Å². The Kier molecular flexibility index (Phi) is 7.55. The molecule has 3 rings (SSSR count). The van der Waals surface area contributed by atoms with Crippen molar-refractivity contribution in [1.29, 1.82) is 0 Å². The molecule has 0 bridgehead atoms. The number of hydrogen-bond acceptors (Lipinski definition) is 6. The average molecular weight is 445 g/mol. The zero-order chi connectivity index (χ0) is 22.6. The predicted octanol–water partition coefficient (Wildman–Crippen LogP) is 5.38. The van der Waals surface area contributed by atoms with Crippen LogP contribution in [0.1, 0.15) is 53.0 Å². The van der Waals surface area contributed by atoms with E-state index in [-0.39, 0.29) is 5.78 Å². The fourth-order valence-electron chi connectivity index (χ4n) is 3.71. The van der Waals surface area contributed by atoms with Crippen LogP contribution in [0.25, 0.3) is 0 Å². The number of carbonyl (C=O) groups is 1. The fraction of sp³-hybridized carbons (Fsp3) is 0.542. The van der Waals surface area contributed by atoms with Gasteiger partial charge in [-0.05, 0) is 63.3 Å². The minimum Gasteiger partial charge on any atom is -0.381 e. The third-order valence-electron chi connectivity index (χ3n) is 5.92. The maximum absolute atomic E-state index is 12.3. The standard InChI is InChI=1S/C24H33ClN4O2/c1-16(2)15-29(20-8-10-31-11-9-20)23-21(28-22-7-6-19(25)14-26-22)12-18(13-27-23)24(4,5)17(3)30/h6-7,12-14,16,20H,8-11,15H2,1-5H3,(H,26,28). The Morgan fingerprint density at radius 3 is 2.55 bits per heavy atom. The van der Waals surface area contributed by atoms with Gasteiger partial charge in [-0.25, -0.2) is 9.97 Å². The van der Waals surface area contributed by atoms with Crippen LogP contribution in [0.4, 0.5) is 17.3 Å². The lowest BCUT2D eigenvalue weighted by molar-refractivity contribution is -0.121. The van der Waals surface area contributed by atoms with E-state index in [1.54, 1.807) is 19.2 Å². The van der Waals surface area contributed by atoms with Crippen molar-refractivity contribution in [1.82, 2.24) is 9.97 Å². The molecule has 1 aliphatic heterocycles. The molecule has 0 unspecified atom stereocenters. The minimum atomic E-state index is -0.628. The molecule has 0 saturated carbocycles. The summed E-state index contributed by atoms with van der Waals surface area (Å²) < 4.78 is 5.60. The summed E-state index contributed by atoms with van der Waals surface area (Å²) in [5.41, 5.74) is 1.09. The Morgan fingerprint density at radius 2 is 1.97 bits per heavy atom. The first-order chi connectivity index (χ1) is 14.7. The molecule has 3 heterocycles. The second-order valence-electron chi connectivity index (χ2n) is 9.15. The third-order valence-corrected chi connectivity index (χ3v) is 6.15. The number of ether oxygens (including phenoxy) is 1. The van der Waals surface area contributed by atoms with Crippen LogP contribution >= 0.6 is 11.6 Å². The Hall–Kier alpha value is -2.18. The molecule has 6 nitrogen and oxygen atoms in total. The maximum Gasteiger partial charge on any atom is 0.152 e. The predicted molar refractivity (Wildman–Crippen MR) is 126 cm³/mol. The van der Waals surface area contributed by atoms with Crippen LogP contribution in [0.3, 0.4) is 0 Å². The average Bonchev–Trinajstić information content (AvgIpc) is 2.74. The molecule has 2 aromatic rings. The van der Waals surface area contributed by atoms with E-state index in [0.717, 1.165) is 49.7 Å². The summed E-state index contributed by atoms with van der Waals surface area (Å²) in [5.74, 6) is 2.13. The monoisotopic (exact) mass is 444 g/mol. The van der Waals surface area contributed by atoms with Crippen LogP contribution < -0.4 is 10.2 Å². The van der Waals surface area contributed by atoms with Gasteiger partial charge in [0.25, 0.3) is 0 Å². The first-order valence-corrected chi connectivity index (χ1v) is 11.3. The molecular formula is C24H33ClN4O2. The number of Topliss-reactive ketones (excluding diaryl/α,β-unsaturated/α-hetero) is 1. The number of hydrogen-bond donors (Lipinski definition) is 1. The van der Waals surface area contributed by atoms with Gasteiger partial charge in [0, 0.05) is 43.6 Å². The van der Waals surface area contributed by atoms with E-state index in [4.69, 9.17) is 21.3 Å². The Morgan fingerprint density at radius 1 is 1.26 bits per heavy atom. The molecule has 0 aliphatic carbocycles. The fourth-order valence-corrected chi connectivity index (χ4v) is 3.82. The van der Waals surface area contributed by atoms with Crippen molar-refractivity contribution in [3.8, 4) is 0 Å². The van der Waals surface area contributed by atoms with Crippen molar-refractivity contribution in [2.24, 2.45) is 5.92 Å². The molecule has 1 fully saturated rings. The van der Waals surface area contributed by atoms with Gasteiger partial charge in [-0.3, -0.25) is 4.79 Å². The number of aromatic nitrogens is 2. The summed E-state index contributed by atoms with van der Waals surface area (Å²) in [6.07, 6.45) is 5.38. The highest BCUT2D eigenvalue weighted by Gasteiger charge is 2.30. The van der Waals surface area contributed by atoms with E-state index in [1.165, 1.54) is 0 Å². The van der Waals surface area contributed by atoms with Gasteiger partial charge in [0.15, 0.2) is 5.82 Å². The number of nitrogens with one attached hydrogen (secondary N) is 1. The van der Waals surface area contributed by atoms with Gasteiger partial charge in [0.2, 0.25) is 0 Å². The lowest BCUT2D eigenvalue weighted by Crippen LogP contribution is -2.42. The van der Waals surface area contributed by atoms with Gasteiger partial charge in [-0.15, -0.1) is 0 Å². The number of ketones is 1. The minimum absolute atomic E-state index is 0.0982. The number of anilines is 3. The number of carbonyl (C=O) groups excluding carboxylic acids is 1. The topological polar surface area (TPSA) is 67.4 Å². The summed E-state index contributed by atoms with van der Waals surface area (Å²) in [4.78, 5) is 24.0. The molecule has 0 amide bonds. The molecule has 1 saturated heterocycles. The second-order valence-corrected chi connectivity index (χ2v) is 9.59. The highest BCUT2D eigenvalue weighted by molar-refractivity contribution is 6.30. The number of pyridine rings is 2. The van der Waals surface area contributed by atoms with Gasteiger partial charge in [-0.1, -0.05) is 25.4 Å². The molecule has 0 atom stereocenters. The molecule has 0 aromatic carbocycles. The van der Waals surface area contributed by atoms with Crippen LogP contribution in [-0.4, -0.2) is 41.6 Å². The van der Waals surface area contributed by atoms with E-state index in [0.29, 0.717) is 22.8 Å². The van der Waals surface area contributed by atoms with Crippen LogP contribution in [0.5, 0.6) is 0 Å². The summed E-state index contributed by atoms with van der Waals surface area (Å²) in [6.45, 7) is 12.3. The molecule has 2 aromatic heterocycles.